The minimum atomic E-state index is 0. The van der Waals surface area contributed by atoms with Crippen LogP contribution in [-0.4, -0.2) is 38.2 Å². The minimum Gasteiger partial charge on any atom is -0.495 e. The predicted octanol–water partition coefficient (Wildman–Crippen LogP) is 3.94. The van der Waals surface area contributed by atoms with Gasteiger partial charge in [0.1, 0.15) is 5.75 Å². The van der Waals surface area contributed by atoms with E-state index in [-0.39, 0.29) is 24.8 Å². The zero-order valence-corrected chi connectivity index (χ0v) is 15.0. The number of methoxy groups -OCH3 is 1. The van der Waals surface area contributed by atoms with E-state index in [1.54, 1.807) is 7.11 Å². The third-order valence-electron chi connectivity index (χ3n) is 3.71. The van der Waals surface area contributed by atoms with E-state index in [0.717, 1.165) is 31.9 Å². The Bertz CT molecular complexity index is 412. The van der Waals surface area contributed by atoms with Gasteiger partial charge in [0.05, 0.1) is 12.1 Å². The van der Waals surface area contributed by atoms with Crippen LogP contribution in [0.15, 0.2) is 18.2 Å². The zero-order valence-electron chi connectivity index (χ0n) is 12.6. The number of ether oxygens (including phenoxy) is 1. The SMILES string of the molecule is CCC[C@@H](c1ccc(Cl)c(OC)c1)N1CCNCC1.Cl.Cl. The Morgan fingerprint density at radius 2 is 1.95 bits per heavy atom. The van der Waals surface area contributed by atoms with Gasteiger partial charge in [-0.05, 0) is 24.1 Å². The lowest BCUT2D eigenvalue weighted by molar-refractivity contribution is 0.164. The summed E-state index contributed by atoms with van der Waals surface area (Å²) < 4.78 is 5.34. The summed E-state index contributed by atoms with van der Waals surface area (Å²) in [7, 11) is 1.67. The molecule has 1 aromatic carbocycles. The molecule has 1 saturated heterocycles. The molecule has 0 amide bonds. The van der Waals surface area contributed by atoms with Gasteiger partial charge in [0.2, 0.25) is 0 Å². The summed E-state index contributed by atoms with van der Waals surface area (Å²) in [5.41, 5.74) is 1.31. The van der Waals surface area contributed by atoms with Gasteiger partial charge in [-0.15, -0.1) is 24.8 Å². The molecule has 0 aliphatic carbocycles. The topological polar surface area (TPSA) is 24.5 Å². The molecule has 0 saturated carbocycles. The highest BCUT2D eigenvalue weighted by Crippen LogP contribution is 2.32. The van der Waals surface area contributed by atoms with Crippen LogP contribution in [0.1, 0.15) is 31.4 Å². The Morgan fingerprint density at radius 3 is 2.52 bits per heavy atom. The largest absolute Gasteiger partial charge is 0.495 e. The van der Waals surface area contributed by atoms with E-state index in [2.05, 4.69) is 29.3 Å². The van der Waals surface area contributed by atoms with Crippen LogP contribution in [-0.2, 0) is 0 Å². The first-order valence-electron chi connectivity index (χ1n) is 7.04. The summed E-state index contributed by atoms with van der Waals surface area (Å²) in [6.45, 7) is 6.60. The average Bonchev–Trinajstić information content (AvgIpc) is 2.46. The molecular formula is C15H25Cl3N2O. The second-order valence-corrected chi connectivity index (χ2v) is 5.39. The van der Waals surface area contributed by atoms with Crippen LogP contribution in [0.4, 0.5) is 0 Å². The maximum absolute atomic E-state index is 6.12. The third-order valence-corrected chi connectivity index (χ3v) is 4.03. The van der Waals surface area contributed by atoms with Crippen LogP contribution in [0.25, 0.3) is 0 Å². The molecule has 1 fully saturated rings. The van der Waals surface area contributed by atoms with Gasteiger partial charge in [-0.3, -0.25) is 4.90 Å². The van der Waals surface area contributed by atoms with E-state index < -0.39 is 0 Å². The first-order chi connectivity index (χ1) is 9.26. The van der Waals surface area contributed by atoms with Crippen molar-refractivity contribution in [3.63, 3.8) is 0 Å². The molecule has 1 aliphatic heterocycles. The molecular weight excluding hydrogens is 331 g/mol. The van der Waals surface area contributed by atoms with Gasteiger partial charge in [-0.1, -0.05) is 31.0 Å². The van der Waals surface area contributed by atoms with E-state index in [1.165, 1.54) is 18.4 Å². The van der Waals surface area contributed by atoms with E-state index in [4.69, 9.17) is 16.3 Å². The van der Waals surface area contributed by atoms with Gasteiger partial charge in [-0.2, -0.15) is 0 Å². The second-order valence-electron chi connectivity index (χ2n) is 4.98. The van der Waals surface area contributed by atoms with Crippen molar-refractivity contribution >= 4 is 36.4 Å². The fraction of sp³-hybridized carbons (Fsp3) is 0.600. The van der Waals surface area contributed by atoms with E-state index in [9.17, 15) is 0 Å². The molecule has 0 unspecified atom stereocenters. The molecule has 1 aromatic rings. The summed E-state index contributed by atoms with van der Waals surface area (Å²) in [4.78, 5) is 2.56. The summed E-state index contributed by atoms with van der Waals surface area (Å²) in [5.74, 6) is 0.774. The fourth-order valence-electron chi connectivity index (χ4n) is 2.71. The molecule has 122 valence electrons. The Labute approximate surface area is 145 Å². The highest BCUT2D eigenvalue weighted by Gasteiger charge is 2.22. The van der Waals surface area contributed by atoms with E-state index >= 15 is 0 Å². The highest BCUT2D eigenvalue weighted by molar-refractivity contribution is 6.32. The van der Waals surface area contributed by atoms with Crippen molar-refractivity contribution in [2.75, 3.05) is 33.3 Å². The van der Waals surface area contributed by atoms with Gasteiger partial charge in [-0.25, -0.2) is 0 Å². The standard InChI is InChI=1S/C15H23ClN2O.2ClH/c1-3-4-14(18-9-7-17-8-10-18)12-5-6-13(16)15(11-12)19-2;;/h5-6,11,14,17H,3-4,7-10H2,1-2H3;2*1H/t14-;;/m0../s1. The number of piperazine rings is 1. The van der Waals surface area contributed by atoms with Crippen LogP contribution < -0.4 is 10.1 Å². The first-order valence-corrected chi connectivity index (χ1v) is 7.42. The second kappa shape index (κ2) is 10.5. The molecule has 2 rings (SSSR count). The monoisotopic (exact) mass is 354 g/mol. The number of hydrogen-bond acceptors (Lipinski definition) is 3. The van der Waals surface area contributed by atoms with Crippen molar-refractivity contribution in [2.24, 2.45) is 0 Å². The normalized spacial score (nSPS) is 16.5. The highest BCUT2D eigenvalue weighted by atomic mass is 35.5. The van der Waals surface area contributed by atoms with Gasteiger partial charge < -0.3 is 10.1 Å². The van der Waals surface area contributed by atoms with Crippen molar-refractivity contribution < 1.29 is 4.74 Å². The Balaban J connectivity index is 0.00000200. The molecule has 21 heavy (non-hydrogen) atoms. The van der Waals surface area contributed by atoms with E-state index in [0.29, 0.717) is 11.1 Å². The number of rotatable bonds is 5. The first kappa shape index (κ1) is 20.8. The molecule has 1 heterocycles. The maximum atomic E-state index is 6.12. The van der Waals surface area contributed by atoms with Gasteiger partial charge in [0.25, 0.3) is 0 Å². The minimum absolute atomic E-state index is 0. The zero-order chi connectivity index (χ0) is 13.7. The summed E-state index contributed by atoms with van der Waals surface area (Å²) >= 11 is 6.12. The fourth-order valence-corrected chi connectivity index (χ4v) is 2.91. The van der Waals surface area contributed by atoms with Gasteiger partial charge >= 0.3 is 0 Å². The van der Waals surface area contributed by atoms with Crippen molar-refractivity contribution in [3.8, 4) is 5.75 Å². The quantitative estimate of drug-likeness (QED) is 0.866. The molecule has 3 nitrogen and oxygen atoms in total. The molecule has 0 radical (unpaired) electrons. The Hall–Kier alpha value is -0.190. The number of nitrogens with zero attached hydrogens (tertiary/aromatic N) is 1. The van der Waals surface area contributed by atoms with Gasteiger partial charge in [0.15, 0.2) is 0 Å². The van der Waals surface area contributed by atoms with Crippen LogP contribution in [0.5, 0.6) is 5.75 Å². The average molecular weight is 356 g/mol. The van der Waals surface area contributed by atoms with Crippen LogP contribution >= 0.6 is 36.4 Å². The molecule has 0 aromatic heterocycles. The van der Waals surface area contributed by atoms with Crippen LogP contribution in [0.3, 0.4) is 0 Å². The van der Waals surface area contributed by atoms with Crippen molar-refractivity contribution in [1.29, 1.82) is 0 Å². The van der Waals surface area contributed by atoms with Crippen molar-refractivity contribution in [3.05, 3.63) is 28.8 Å². The molecule has 1 aliphatic rings. The summed E-state index contributed by atoms with van der Waals surface area (Å²) in [5, 5.41) is 4.09. The predicted molar refractivity (Wildman–Crippen MR) is 94.6 cm³/mol. The van der Waals surface area contributed by atoms with E-state index in [1.807, 2.05) is 6.07 Å². The van der Waals surface area contributed by atoms with Crippen molar-refractivity contribution in [2.45, 2.75) is 25.8 Å². The summed E-state index contributed by atoms with van der Waals surface area (Å²) in [6.07, 6.45) is 2.35. The molecule has 1 N–H and O–H groups in total. The lowest BCUT2D eigenvalue weighted by Crippen LogP contribution is -2.45. The van der Waals surface area contributed by atoms with Crippen molar-refractivity contribution in [1.82, 2.24) is 10.2 Å². The molecule has 0 bridgehead atoms. The third kappa shape index (κ3) is 5.50. The molecule has 1 atom stereocenters. The molecule has 6 heteroatoms. The number of benzene rings is 1. The Morgan fingerprint density at radius 1 is 1.29 bits per heavy atom. The number of hydrogen-bond donors (Lipinski definition) is 1. The lowest BCUT2D eigenvalue weighted by Gasteiger charge is -2.35. The Kier molecular flexibility index (Phi) is 10.4. The molecule has 0 spiro atoms. The van der Waals surface area contributed by atoms with Crippen LogP contribution in [0.2, 0.25) is 5.02 Å². The number of halogens is 3. The lowest BCUT2D eigenvalue weighted by atomic mass is 9.99. The summed E-state index contributed by atoms with van der Waals surface area (Å²) in [6, 6.07) is 6.64. The smallest absolute Gasteiger partial charge is 0.137 e. The maximum Gasteiger partial charge on any atom is 0.137 e. The number of nitrogens with one attached hydrogen (secondary N) is 1. The van der Waals surface area contributed by atoms with Gasteiger partial charge in [0, 0.05) is 32.2 Å². The van der Waals surface area contributed by atoms with Crippen LogP contribution in [0, 0.1) is 0 Å².